The van der Waals surface area contributed by atoms with Crippen LogP contribution in [-0.2, 0) is 12.8 Å². The number of aryl methyl sites for hydroxylation is 2. The Bertz CT molecular complexity index is 388. The summed E-state index contributed by atoms with van der Waals surface area (Å²) in [6.07, 6.45) is 2.22. The van der Waals surface area contributed by atoms with Crippen molar-refractivity contribution in [1.82, 2.24) is 5.32 Å². The first-order valence-electron chi connectivity index (χ1n) is 7.06. The highest BCUT2D eigenvalue weighted by molar-refractivity contribution is 5.92. The smallest absolute Gasteiger partial charge is 0.287 e. The monoisotopic (exact) mass is 267 g/mol. The Morgan fingerprint density at radius 3 is 2.47 bits per heavy atom. The van der Waals surface area contributed by atoms with Crippen LogP contribution >= 0.6 is 0 Å². The number of rotatable bonds is 7. The van der Waals surface area contributed by atoms with Gasteiger partial charge in [0.25, 0.3) is 5.91 Å². The molecule has 1 atom stereocenters. The van der Waals surface area contributed by atoms with Crippen LogP contribution in [0.1, 0.15) is 56.0 Å². The summed E-state index contributed by atoms with van der Waals surface area (Å²) in [4.78, 5) is 12.1. The Labute approximate surface area is 115 Å². The van der Waals surface area contributed by atoms with E-state index in [-0.39, 0.29) is 24.5 Å². The molecule has 1 aromatic rings. The fourth-order valence-corrected chi connectivity index (χ4v) is 2.13. The lowest BCUT2D eigenvalue weighted by molar-refractivity contribution is 0.0886. The third-order valence-corrected chi connectivity index (χ3v) is 3.38. The summed E-state index contributed by atoms with van der Waals surface area (Å²) in [7, 11) is 0. The van der Waals surface area contributed by atoms with Gasteiger partial charge in [-0.1, -0.05) is 27.7 Å². The lowest BCUT2D eigenvalue weighted by Gasteiger charge is -2.20. The minimum Gasteiger partial charge on any atom is -0.456 e. The Hall–Kier alpha value is -1.29. The van der Waals surface area contributed by atoms with Crippen molar-refractivity contribution in [2.75, 3.05) is 6.61 Å². The zero-order valence-corrected chi connectivity index (χ0v) is 12.3. The maximum atomic E-state index is 12.1. The van der Waals surface area contributed by atoms with E-state index in [1.165, 1.54) is 0 Å². The SMILES string of the molecule is CCc1cc(C(=O)NC(CCO)C(C)C)oc1CC. The van der Waals surface area contributed by atoms with Gasteiger partial charge in [0.05, 0.1) is 0 Å². The van der Waals surface area contributed by atoms with Gasteiger partial charge in [-0.05, 0) is 30.4 Å². The molecule has 1 unspecified atom stereocenters. The topological polar surface area (TPSA) is 62.5 Å². The van der Waals surface area contributed by atoms with Crippen LogP contribution in [0.3, 0.4) is 0 Å². The van der Waals surface area contributed by atoms with Crippen molar-refractivity contribution in [2.45, 2.75) is 53.0 Å². The van der Waals surface area contributed by atoms with Crippen LogP contribution in [0.4, 0.5) is 0 Å². The number of hydrogen-bond acceptors (Lipinski definition) is 3. The number of aliphatic hydroxyl groups is 1. The van der Waals surface area contributed by atoms with Gasteiger partial charge in [-0.2, -0.15) is 0 Å². The second-order valence-corrected chi connectivity index (χ2v) is 5.10. The summed E-state index contributed by atoms with van der Waals surface area (Å²) in [5, 5.41) is 11.9. The normalized spacial score (nSPS) is 12.7. The van der Waals surface area contributed by atoms with Gasteiger partial charge in [-0.3, -0.25) is 4.79 Å². The molecule has 0 aromatic carbocycles. The summed E-state index contributed by atoms with van der Waals surface area (Å²) in [5.74, 6) is 1.34. The molecule has 2 N–H and O–H groups in total. The Morgan fingerprint density at radius 1 is 1.37 bits per heavy atom. The van der Waals surface area contributed by atoms with E-state index in [2.05, 4.69) is 5.32 Å². The molecular formula is C15H25NO3. The second-order valence-electron chi connectivity index (χ2n) is 5.10. The number of hydrogen-bond donors (Lipinski definition) is 2. The van der Waals surface area contributed by atoms with Gasteiger partial charge >= 0.3 is 0 Å². The van der Waals surface area contributed by atoms with Crippen LogP contribution in [0.5, 0.6) is 0 Å². The van der Waals surface area contributed by atoms with Crippen LogP contribution in [0.25, 0.3) is 0 Å². The van der Waals surface area contributed by atoms with Gasteiger partial charge in [0.2, 0.25) is 0 Å². The first-order chi connectivity index (χ1) is 9.03. The number of carbonyl (C=O) groups is 1. The van der Waals surface area contributed by atoms with Crippen molar-refractivity contribution in [3.8, 4) is 0 Å². The molecule has 0 aliphatic heterocycles. The van der Waals surface area contributed by atoms with Gasteiger partial charge in [-0.25, -0.2) is 0 Å². The first-order valence-corrected chi connectivity index (χ1v) is 7.06. The number of amides is 1. The van der Waals surface area contributed by atoms with E-state index in [9.17, 15) is 4.79 Å². The fraction of sp³-hybridized carbons (Fsp3) is 0.667. The second kappa shape index (κ2) is 7.34. The van der Waals surface area contributed by atoms with Crippen LogP contribution < -0.4 is 5.32 Å². The number of carbonyl (C=O) groups excluding carboxylic acids is 1. The maximum absolute atomic E-state index is 12.1. The van der Waals surface area contributed by atoms with E-state index in [1.807, 2.05) is 33.8 Å². The maximum Gasteiger partial charge on any atom is 0.287 e. The van der Waals surface area contributed by atoms with E-state index in [4.69, 9.17) is 9.52 Å². The molecule has 1 amide bonds. The molecule has 0 saturated heterocycles. The zero-order valence-electron chi connectivity index (χ0n) is 12.3. The van der Waals surface area contributed by atoms with Gasteiger partial charge in [0, 0.05) is 19.1 Å². The Kier molecular flexibility index (Phi) is 6.09. The fourth-order valence-electron chi connectivity index (χ4n) is 2.13. The lowest BCUT2D eigenvalue weighted by atomic mass is 10.0. The lowest BCUT2D eigenvalue weighted by Crippen LogP contribution is -2.39. The number of aliphatic hydroxyl groups excluding tert-OH is 1. The van der Waals surface area contributed by atoms with Crippen LogP contribution in [0.2, 0.25) is 0 Å². The molecule has 0 spiro atoms. The van der Waals surface area contributed by atoms with E-state index < -0.39 is 0 Å². The van der Waals surface area contributed by atoms with Crippen molar-refractivity contribution in [1.29, 1.82) is 0 Å². The van der Waals surface area contributed by atoms with E-state index in [0.29, 0.717) is 12.2 Å². The average Bonchev–Trinajstić information content (AvgIpc) is 2.81. The van der Waals surface area contributed by atoms with Gasteiger partial charge < -0.3 is 14.8 Å². The highest BCUT2D eigenvalue weighted by atomic mass is 16.4. The van der Waals surface area contributed by atoms with Crippen LogP contribution in [0.15, 0.2) is 10.5 Å². The molecule has 0 bridgehead atoms. The van der Waals surface area contributed by atoms with Gasteiger partial charge in [-0.15, -0.1) is 0 Å². The molecule has 0 saturated carbocycles. The predicted molar refractivity (Wildman–Crippen MR) is 75.3 cm³/mol. The highest BCUT2D eigenvalue weighted by Crippen LogP contribution is 2.17. The molecular weight excluding hydrogens is 242 g/mol. The van der Waals surface area contributed by atoms with E-state index >= 15 is 0 Å². The third-order valence-electron chi connectivity index (χ3n) is 3.38. The standard InChI is InChI=1S/C15H25NO3/c1-5-11-9-14(19-13(11)6-2)15(18)16-12(7-8-17)10(3)4/h9-10,12,17H,5-8H2,1-4H3,(H,16,18). The van der Waals surface area contributed by atoms with Gasteiger partial charge in [0.15, 0.2) is 5.76 Å². The predicted octanol–water partition coefficient (Wildman–Crippen LogP) is 2.54. The number of nitrogens with one attached hydrogen (secondary N) is 1. The molecule has 0 fully saturated rings. The molecule has 4 nitrogen and oxygen atoms in total. The summed E-state index contributed by atoms with van der Waals surface area (Å²) in [6.45, 7) is 8.19. The minimum atomic E-state index is -0.193. The Morgan fingerprint density at radius 2 is 2.05 bits per heavy atom. The summed E-state index contributed by atoms with van der Waals surface area (Å²) >= 11 is 0. The molecule has 1 aromatic heterocycles. The summed E-state index contributed by atoms with van der Waals surface area (Å²) in [6, 6.07) is 1.79. The summed E-state index contributed by atoms with van der Waals surface area (Å²) < 4.78 is 5.60. The number of furan rings is 1. The minimum absolute atomic E-state index is 0.0299. The van der Waals surface area contributed by atoms with Crippen molar-refractivity contribution < 1.29 is 14.3 Å². The molecule has 1 rings (SSSR count). The zero-order chi connectivity index (χ0) is 14.4. The van der Waals surface area contributed by atoms with Crippen molar-refractivity contribution >= 4 is 5.91 Å². The van der Waals surface area contributed by atoms with Crippen molar-refractivity contribution in [3.63, 3.8) is 0 Å². The largest absolute Gasteiger partial charge is 0.456 e. The molecule has 108 valence electrons. The third kappa shape index (κ3) is 4.10. The molecule has 0 aliphatic carbocycles. The molecule has 0 aliphatic rings. The molecule has 19 heavy (non-hydrogen) atoms. The van der Waals surface area contributed by atoms with E-state index in [0.717, 1.165) is 24.2 Å². The average molecular weight is 267 g/mol. The van der Waals surface area contributed by atoms with E-state index in [1.54, 1.807) is 0 Å². The first kappa shape index (κ1) is 15.8. The highest BCUT2D eigenvalue weighted by Gasteiger charge is 2.20. The summed E-state index contributed by atoms with van der Waals surface area (Å²) in [5.41, 5.74) is 1.09. The van der Waals surface area contributed by atoms with Gasteiger partial charge in [0.1, 0.15) is 5.76 Å². The van der Waals surface area contributed by atoms with Crippen molar-refractivity contribution in [3.05, 3.63) is 23.2 Å². The van der Waals surface area contributed by atoms with Crippen molar-refractivity contribution in [2.24, 2.45) is 5.92 Å². The molecule has 4 heteroatoms. The molecule has 1 heterocycles. The quantitative estimate of drug-likeness (QED) is 0.798. The molecule has 0 radical (unpaired) electrons. The van der Waals surface area contributed by atoms with Crippen LogP contribution in [0, 0.1) is 5.92 Å². The Balaban J connectivity index is 2.79. The van der Waals surface area contributed by atoms with Crippen LogP contribution in [-0.4, -0.2) is 23.7 Å².